The number of aliphatic hydroxyl groups excluding tert-OH is 1. The van der Waals surface area contributed by atoms with Crippen LogP contribution < -0.4 is 10.6 Å². The van der Waals surface area contributed by atoms with Crippen molar-refractivity contribution in [1.82, 2.24) is 20.6 Å². The van der Waals surface area contributed by atoms with Gasteiger partial charge in [0.2, 0.25) is 5.91 Å². The van der Waals surface area contributed by atoms with Gasteiger partial charge in [0.15, 0.2) is 0 Å². The van der Waals surface area contributed by atoms with E-state index in [4.69, 9.17) is 0 Å². The van der Waals surface area contributed by atoms with E-state index in [1.54, 1.807) is 0 Å². The molecule has 0 spiro atoms. The zero-order valence-electron chi connectivity index (χ0n) is 19.6. The molecule has 0 bridgehead atoms. The summed E-state index contributed by atoms with van der Waals surface area (Å²) < 4.78 is 38.8. The number of nitrogens with zero attached hydrogens (tertiary/aromatic N) is 1. The van der Waals surface area contributed by atoms with Gasteiger partial charge in [-0.3, -0.25) is 4.79 Å². The Morgan fingerprint density at radius 3 is 2.62 bits per heavy atom. The Kier molecular flexibility index (Phi) is 8.33. The Hall–Kier alpha value is -2.91. The normalized spacial score (nSPS) is 13.7. The van der Waals surface area contributed by atoms with Crippen LogP contribution in [0.15, 0.2) is 36.4 Å². The largest absolute Gasteiger partial charge is 0.416 e. The van der Waals surface area contributed by atoms with Gasteiger partial charge in [0.1, 0.15) is 5.82 Å². The van der Waals surface area contributed by atoms with Crippen molar-refractivity contribution in [3.8, 4) is 0 Å². The molecule has 0 aliphatic heterocycles. The first kappa shape index (κ1) is 25.7. The van der Waals surface area contributed by atoms with E-state index in [0.29, 0.717) is 25.0 Å². The molecule has 3 rings (SSSR count). The lowest BCUT2D eigenvalue weighted by molar-refractivity contribution is -0.137. The number of H-pyrrole nitrogens is 1. The highest BCUT2D eigenvalue weighted by molar-refractivity contribution is 5.81. The molecule has 34 heavy (non-hydrogen) atoms. The van der Waals surface area contributed by atoms with Crippen molar-refractivity contribution < 1.29 is 23.1 Å². The smallest absolute Gasteiger partial charge is 0.391 e. The highest BCUT2D eigenvalue weighted by Gasteiger charge is 2.31. The van der Waals surface area contributed by atoms with Crippen molar-refractivity contribution in [3.05, 3.63) is 64.5 Å². The number of hydrogen-bond donors (Lipinski definition) is 4. The second kappa shape index (κ2) is 11.0. The molecular formula is C25H31F3N4O2. The van der Waals surface area contributed by atoms with Gasteiger partial charge >= 0.3 is 6.18 Å². The molecule has 9 heteroatoms. The summed E-state index contributed by atoms with van der Waals surface area (Å²) in [7, 11) is 0. The number of fused-ring (bicyclic) bond motifs is 1. The monoisotopic (exact) mass is 476 g/mol. The minimum Gasteiger partial charge on any atom is -0.391 e. The van der Waals surface area contributed by atoms with Gasteiger partial charge in [-0.25, -0.2) is 4.98 Å². The van der Waals surface area contributed by atoms with Crippen LogP contribution in [-0.2, 0) is 23.9 Å². The molecule has 184 valence electrons. The first-order valence-corrected chi connectivity index (χ1v) is 11.4. The van der Waals surface area contributed by atoms with Gasteiger partial charge in [-0.1, -0.05) is 37.1 Å². The quantitative estimate of drug-likeness (QED) is 0.354. The van der Waals surface area contributed by atoms with Crippen LogP contribution in [0.2, 0.25) is 0 Å². The third-order valence-corrected chi connectivity index (χ3v) is 5.76. The molecule has 2 atom stereocenters. The highest BCUT2D eigenvalue weighted by Crippen LogP contribution is 2.30. The predicted octanol–water partition coefficient (Wildman–Crippen LogP) is 4.18. The summed E-state index contributed by atoms with van der Waals surface area (Å²) in [4.78, 5) is 19.7. The highest BCUT2D eigenvalue weighted by atomic mass is 19.4. The van der Waals surface area contributed by atoms with E-state index in [9.17, 15) is 23.1 Å². The van der Waals surface area contributed by atoms with Crippen molar-refractivity contribution in [2.45, 2.75) is 64.9 Å². The second-order valence-corrected chi connectivity index (χ2v) is 8.68. The topological polar surface area (TPSA) is 90.0 Å². The van der Waals surface area contributed by atoms with Crippen LogP contribution in [-0.4, -0.2) is 39.7 Å². The maximum atomic E-state index is 12.9. The summed E-state index contributed by atoms with van der Waals surface area (Å²) in [6.07, 6.45) is -4.04. The standard InChI is InChI=1S/C25H31F3N4O2/c1-4-5-22(33)21(14-29-13-17-7-6-15(2)10-16(17)3)32-24(34)12-23-30-19-9-8-18(25(26,27)28)11-20(19)31-23/h6-11,21-22,29,33H,4-5,12-14H2,1-3H3,(H,30,31)(H,32,34). The van der Waals surface area contributed by atoms with E-state index in [1.807, 2.05) is 26.8 Å². The average Bonchev–Trinajstić information content (AvgIpc) is 3.15. The van der Waals surface area contributed by atoms with Gasteiger partial charge in [-0.2, -0.15) is 13.2 Å². The van der Waals surface area contributed by atoms with Gasteiger partial charge in [0.25, 0.3) is 0 Å². The Balaban J connectivity index is 1.63. The summed E-state index contributed by atoms with van der Waals surface area (Å²) >= 11 is 0. The van der Waals surface area contributed by atoms with Crippen molar-refractivity contribution >= 4 is 16.9 Å². The van der Waals surface area contributed by atoms with Crippen molar-refractivity contribution in [1.29, 1.82) is 0 Å². The lowest BCUT2D eigenvalue weighted by atomic mass is 10.0. The van der Waals surface area contributed by atoms with Crippen LogP contribution in [0.25, 0.3) is 11.0 Å². The van der Waals surface area contributed by atoms with E-state index in [0.717, 1.165) is 24.1 Å². The minimum absolute atomic E-state index is 0.136. The molecule has 0 aliphatic rings. The van der Waals surface area contributed by atoms with Gasteiger partial charge < -0.3 is 20.7 Å². The molecule has 0 fully saturated rings. The molecule has 0 saturated heterocycles. The summed E-state index contributed by atoms with van der Waals surface area (Å²) in [6.45, 7) is 7.00. The van der Waals surface area contributed by atoms with Gasteiger partial charge in [-0.15, -0.1) is 0 Å². The molecule has 0 radical (unpaired) electrons. The first-order valence-electron chi connectivity index (χ1n) is 11.4. The third kappa shape index (κ3) is 6.80. The van der Waals surface area contributed by atoms with E-state index in [-0.39, 0.29) is 23.7 Å². The summed E-state index contributed by atoms with van der Waals surface area (Å²) in [5.74, 6) is -0.109. The Labute approximate surface area is 197 Å². The number of aromatic nitrogens is 2. The minimum atomic E-state index is -4.46. The number of aromatic amines is 1. The lowest BCUT2D eigenvalue weighted by Gasteiger charge is -2.24. The molecule has 0 aliphatic carbocycles. The van der Waals surface area contributed by atoms with Gasteiger partial charge in [0, 0.05) is 13.1 Å². The van der Waals surface area contributed by atoms with Crippen LogP contribution in [0.1, 0.15) is 47.8 Å². The Morgan fingerprint density at radius 1 is 1.18 bits per heavy atom. The molecule has 1 aromatic heterocycles. The number of hydrogen-bond acceptors (Lipinski definition) is 4. The molecule has 1 heterocycles. The SMILES string of the molecule is CCCC(O)C(CNCc1ccc(C)cc1C)NC(=O)Cc1nc2cc(C(F)(F)F)ccc2[nH]1. The number of rotatable bonds is 10. The van der Waals surface area contributed by atoms with Gasteiger partial charge in [0.05, 0.1) is 35.2 Å². The Bertz CT molecular complexity index is 1130. The molecule has 1 amide bonds. The lowest BCUT2D eigenvalue weighted by Crippen LogP contribution is -2.49. The number of benzene rings is 2. The number of nitrogens with one attached hydrogen (secondary N) is 3. The van der Waals surface area contributed by atoms with Crippen LogP contribution in [0, 0.1) is 13.8 Å². The molecule has 2 aromatic carbocycles. The van der Waals surface area contributed by atoms with Crippen LogP contribution in [0.4, 0.5) is 13.2 Å². The zero-order chi connectivity index (χ0) is 24.9. The van der Waals surface area contributed by atoms with Gasteiger partial charge in [-0.05, 0) is 49.6 Å². The van der Waals surface area contributed by atoms with E-state index in [2.05, 4.69) is 32.7 Å². The van der Waals surface area contributed by atoms with Crippen molar-refractivity contribution in [3.63, 3.8) is 0 Å². The maximum absolute atomic E-state index is 12.9. The van der Waals surface area contributed by atoms with E-state index in [1.165, 1.54) is 17.2 Å². The van der Waals surface area contributed by atoms with Crippen molar-refractivity contribution in [2.75, 3.05) is 6.54 Å². The summed E-state index contributed by atoms with van der Waals surface area (Å²) in [5, 5.41) is 16.7. The number of aliphatic hydroxyl groups is 1. The maximum Gasteiger partial charge on any atom is 0.416 e. The number of carbonyl (C=O) groups is 1. The van der Waals surface area contributed by atoms with Crippen LogP contribution >= 0.6 is 0 Å². The fourth-order valence-electron chi connectivity index (χ4n) is 3.92. The zero-order valence-corrected chi connectivity index (χ0v) is 19.6. The van der Waals surface area contributed by atoms with Crippen LogP contribution in [0.3, 0.4) is 0 Å². The molecule has 6 nitrogen and oxygen atoms in total. The summed E-state index contributed by atoms with van der Waals surface area (Å²) in [6, 6.07) is 8.92. The van der Waals surface area contributed by atoms with E-state index < -0.39 is 23.9 Å². The average molecular weight is 477 g/mol. The molecule has 4 N–H and O–H groups in total. The number of imidazole rings is 1. The predicted molar refractivity (Wildman–Crippen MR) is 125 cm³/mol. The third-order valence-electron chi connectivity index (χ3n) is 5.76. The fourth-order valence-corrected chi connectivity index (χ4v) is 3.92. The van der Waals surface area contributed by atoms with Crippen LogP contribution in [0.5, 0.6) is 0 Å². The first-order chi connectivity index (χ1) is 16.1. The van der Waals surface area contributed by atoms with Crippen molar-refractivity contribution in [2.24, 2.45) is 0 Å². The van der Waals surface area contributed by atoms with E-state index >= 15 is 0 Å². The number of carbonyl (C=O) groups excluding carboxylic acids is 1. The number of aryl methyl sites for hydroxylation is 2. The summed E-state index contributed by atoms with van der Waals surface area (Å²) in [5.41, 5.74) is 3.27. The number of amides is 1. The Morgan fingerprint density at radius 2 is 1.94 bits per heavy atom. The number of alkyl halides is 3. The molecule has 2 unspecified atom stereocenters. The molecular weight excluding hydrogens is 445 g/mol. The molecule has 0 saturated carbocycles. The molecule has 3 aromatic rings. The second-order valence-electron chi connectivity index (χ2n) is 8.68. The number of halogens is 3. The fraction of sp³-hybridized carbons (Fsp3) is 0.440.